The summed E-state index contributed by atoms with van der Waals surface area (Å²) in [5.41, 5.74) is 0. The highest BCUT2D eigenvalue weighted by Crippen LogP contribution is 2.33. The van der Waals surface area contributed by atoms with E-state index in [4.69, 9.17) is 0 Å². The molecule has 1 saturated carbocycles. The van der Waals surface area contributed by atoms with Crippen molar-refractivity contribution in [3.63, 3.8) is 0 Å². The summed E-state index contributed by atoms with van der Waals surface area (Å²) in [6.45, 7) is 6.77. The summed E-state index contributed by atoms with van der Waals surface area (Å²) < 4.78 is 3.02. The lowest BCUT2D eigenvalue weighted by Gasteiger charge is -2.33. The van der Waals surface area contributed by atoms with Crippen molar-refractivity contribution in [1.82, 2.24) is 4.31 Å². The molecular weight excluding hydrogens is 210 g/mol. The largest absolute Gasteiger partial charge is 0.244 e. The molecule has 14 heavy (non-hydrogen) atoms. The second kappa shape index (κ2) is 6.29. The van der Waals surface area contributed by atoms with E-state index in [2.05, 4.69) is 37.7 Å². The van der Waals surface area contributed by atoms with Crippen LogP contribution < -0.4 is 0 Å². The van der Waals surface area contributed by atoms with E-state index in [0.717, 1.165) is 6.04 Å². The number of thiol groups is 1. The fourth-order valence-electron chi connectivity index (χ4n) is 2.06. The first-order valence-corrected chi connectivity index (χ1v) is 7.13. The Labute approximate surface area is 98.6 Å². The highest BCUT2D eigenvalue weighted by atomic mass is 32.2. The number of rotatable bonds is 5. The summed E-state index contributed by atoms with van der Waals surface area (Å²) in [7, 11) is 0. The van der Waals surface area contributed by atoms with Gasteiger partial charge in [0.2, 0.25) is 0 Å². The van der Waals surface area contributed by atoms with Gasteiger partial charge in [0.15, 0.2) is 0 Å². The van der Waals surface area contributed by atoms with Gasteiger partial charge in [-0.25, -0.2) is 4.31 Å². The van der Waals surface area contributed by atoms with Gasteiger partial charge >= 0.3 is 0 Å². The summed E-state index contributed by atoms with van der Waals surface area (Å²) >= 11 is 6.41. The molecule has 2 unspecified atom stereocenters. The van der Waals surface area contributed by atoms with E-state index in [-0.39, 0.29) is 0 Å². The average Bonchev–Trinajstić information content (AvgIpc) is 2.65. The molecule has 0 amide bonds. The topological polar surface area (TPSA) is 3.24 Å². The molecule has 84 valence electrons. The Morgan fingerprint density at radius 3 is 2.36 bits per heavy atom. The molecule has 0 spiro atoms. The van der Waals surface area contributed by atoms with Crippen LogP contribution in [0.3, 0.4) is 0 Å². The molecule has 0 aromatic rings. The maximum Gasteiger partial charge on any atom is 0.0591 e. The standard InChI is InChI=1S/C11H23NS2/c1-4-9(2)12(14-10(3)13)11-7-5-6-8-11/h9-11,13H,4-8H2,1-3H3. The van der Waals surface area contributed by atoms with Crippen molar-refractivity contribution in [2.45, 2.75) is 69.5 Å². The maximum atomic E-state index is 4.48. The van der Waals surface area contributed by atoms with Crippen LogP contribution >= 0.6 is 24.6 Å². The highest BCUT2D eigenvalue weighted by Gasteiger charge is 2.26. The van der Waals surface area contributed by atoms with Crippen molar-refractivity contribution in [1.29, 1.82) is 0 Å². The third-order valence-electron chi connectivity index (χ3n) is 2.98. The van der Waals surface area contributed by atoms with Gasteiger partial charge in [0.25, 0.3) is 0 Å². The number of hydrogen-bond acceptors (Lipinski definition) is 3. The van der Waals surface area contributed by atoms with Gasteiger partial charge in [0.05, 0.1) is 4.58 Å². The molecule has 0 N–H and O–H groups in total. The summed E-state index contributed by atoms with van der Waals surface area (Å²) in [6, 6.07) is 1.50. The smallest absolute Gasteiger partial charge is 0.0591 e. The molecule has 0 heterocycles. The van der Waals surface area contributed by atoms with Crippen molar-refractivity contribution in [2.75, 3.05) is 0 Å². The van der Waals surface area contributed by atoms with E-state index in [1.165, 1.54) is 32.1 Å². The monoisotopic (exact) mass is 233 g/mol. The lowest BCUT2D eigenvalue weighted by atomic mass is 10.2. The van der Waals surface area contributed by atoms with Gasteiger partial charge in [-0.3, -0.25) is 0 Å². The highest BCUT2D eigenvalue weighted by molar-refractivity contribution is 8.08. The molecule has 1 aliphatic rings. The SMILES string of the molecule is CCC(C)N(SC(C)S)C1CCCC1. The lowest BCUT2D eigenvalue weighted by Crippen LogP contribution is -2.35. The van der Waals surface area contributed by atoms with Gasteiger partial charge < -0.3 is 0 Å². The summed E-state index contributed by atoms with van der Waals surface area (Å²) in [6.07, 6.45) is 6.85. The van der Waals surface area contributed by atoms with Gasteiger partial charge in [0, 0.05) is 12.1 Å². The lowest BCUT2D eigenvalue weighted by molar-refractivity contribution is 0.283. The van der Waals surface area contributed by atoms with Crippen LogP contribution in [0.4, 0.5) is 0 Å². The molecule has 3 heteroatoms. The Bertz CT molecular complexity index is 155. The second-order valence-electron chi connectivity index (χ2n) is 4.26. The minimum atomic E-state index is 0.421. The Balaban J connectivity index is 2.50. The van der Waals surface area contributed by atoms with E-state index in [1.807, 2.05) is 11.9 Å². The van der Waals surface area contributed by atoms with E-state index < -0.39 is 0 Å². The van der Waals surface area contributed by atoms with Gasteiger partial charge in [0.1, 0.15) is 0 Å². The molecule has 0 aromatic carbocycles. The summed E-state index contributed by atoms with van der Waals surface area (Å²) in [5.74, 6) is 0. The molecule has 0 aromatic heterocycles. The minimum absolute atomic E-state index is 0.421. The molecule has 0 bridgehead atoms. The summed E-state index contributed by atoms with van der Waals surface area (Å²) in [4.78, 5) is 0. The number of nitrogens with zero attached hydrogens (tertiary/aromatic N) is 1. The average molecular weight is 233 g/mol. The third-order valence-corrected chi connectivity index (χ3v) is 4.47. The predicted molar refractivity (Wildman–Crippen MR) is 69.9 cm³/mol. The molecular formula is C11H23NS2. The van der Waals surface area contributed by atoms with Crippen molar-refractivity contribution in [3.05, 3.63) is 0 Å². The Morgan fingerprint density at radius 1 is 1.36 bits per heavy atom. The van der Waals surface area contributed by atoms with E-state index in [1.54, 1.807) is 0 Å². The second-order valence-corrected chi connectivity index (χ2v) is 6.72. The Morgan fingerprint density at radius 2 is 1.93 bits per heavy atom. The third kappa shape index (κ3) is 3.67. The first kappa shape index (κ1) is 12.7. The molecule has 0 radical (unpaired) electrons. The molecule has 1 aliphatic carbocycles. The zero-order valence-electron chi connectivity index (χ0n) is 9.57. The van der Waals surface area contributed by atoms with Crippen LogP contribution in [0.15, 0.2) is 0 Å². The van der Waals surface area contributed by atoms with Crippen LogP contribution in [0.1, 0.15) is 52.9 Å². The van der Waals surface area contributed by atoms with Gasteiger partial charge in [-0.05, 0) is 33.1 Å². The van der Waals surface area contributed by atoms with Crippen LogP contribution in [0.25, 0.3) is 0 Å². The van der Waals surface area contributed by atoms with Crippen molar-refractivity contribution >= 4 is 24.6 Å². The van der Waals surface area contributed by atoms with Crippen LogP contribution in [-0.2, 0) is 0 Å². The molecule has 2 atom stereocenters. The first-order chi connectivity index (χ1) is 6.65. The fourth-order valence-corrected chi connectivity index (χ4v) is 3.48. The van der Waals surface area contributed by atoms with Crippen LogP contribution in [0, 0.1) is 0 Å². The van der Waals surface area contributed by atoms with Gasteiger partial charge in [-0.2, -0.15) is 12.6 Å². The van der Waals surface area contributed by atoms with Crippen LogP contribution in [0.2, 0.25) is 0 Å². The van der Waals surface area contributed by atoms with Crippen molar-refractivity contribution in [3.8, 4) is 0 Å². The van der Waals surface area contributed by atoms with Crippen LogP contribution in [0.5, 0.6) is 0 Å². The number of hydrogen-bond donors (Lipinski definition) is 1. The normalized spacial score (nSPS) is 22.9. The minimum Gasteiger partial charge on any atom is -0.244 e. The zero-order chi connectivity index (χ0) is 10.6. The van der Waals surface area contributed by atoms with E-state index >= 15 is 0 Å². The summed E-state index contributed by atoms with van der Waals surface area (Å²) in [5, 5.41) is 0. The van der Waals surface area contributed by atoms with Gasteiger partial charge in [-0.15, -0.1) is 0 Å². The van der Waals surface area contributed by atoms with Crippen LogP contribution in [-0.4, -0.2) is 21.0 Å². The zero-order valence-corrected chi connectivity index (χ0v) is 11.3. The molecule has 1 nitrogen and oxygen atoms in total. The quantitative estimate of drug-likeness (QED) is 0.435. The maximum absolute atomic E-state index is 4.48. The first-order valence-electron chi connectivity index (χ1n) is 5.78. The molecule has 1 rings (SSSR count). The van der Waals surface area contributed by atoms with E-state index in [0.29, 0.717) is 10.6 Å². The molecule has 0 saturated heterocycles. The Hall–Kier alpha value is 0.660. The van der Waals surface area contributed by atoms with Crippen molar-refractivity contribution < 1.29 is 0 Å². The Kier molecular flexibility index (Phi) is 5.72. The molecule has 1 fully saturated rings. The molecule has 0 aliphatic heterocycles. The van der Waals surface area contributed by atoms with Gasteiger partial charge in [-0.1, -0.05) is 31.7 Å². The predicted octanol–water partition coefficient (Wildman–Crippen LogP) is 3.95. The van der Waals surface area contributed by atoms with E-state index in [9.17, 15) is 0 Å². The van der Waals surface area contributed by atoms with Crippen molar-refractivity contribution in [2.24, 2.45) is 0 Å². The fraction of sp³-hybridized carbons (Fsp3) is 1.00.